The summed E-state index contributed by atoms with van der Waals surface area (Å²) in [6.45, 7) is 2.23. The van der Waals surface area contributed by atoms with Crippen LogP contribution in [0.3, 0.4) is 0 Å². The first-order chi connectivity index (χ1) is 8.99. The number of hydrogen-bond donors (Lipinski definition) is 1. The predicted molar refractivity (Wildman–Crippen MR) is 74.8 cm³/mol. The molecule has 1 aromatic rings. The number of fused-ring (bicyclic) bond motifs is 1. The number of rotatable bonds is 3. The van der Waals surface area contributed by atoms with Crippen LogP contribution in [0.25, 0.3) is 0 Å². The van der Waals surface area contributed by atoms with Crippen molar-refractivity contribution in [2.45, 2.75) is 25.3 Å². The summed E-state index contributed by atoms with van der Waals surface area (Å²) in [6.07, 6.45) is 2.07. The zero-order valence-electron chi connectivity index (χ0n) is 10.6. The average Bonchev–Trinajstić information content (AvgIpc) is 3.19. The largest absolute Gasteiger partial charge is 0.328 e. The van der Waals surface area contributed by atoms with Gasteiger partial charge in [-0.05, 0) is 43.9 Å². The van der Waals surface area contributed by atoms with E-state index in [1.165, 1.54) is 4.90 Å². The van der Waals surface area contributed by atoms with E-state index >= 15 is 0 Å². The van der Waals surface area contributed by atoms with E-state index in [4.69, 9.17) is 5.73 Å². The molecule has 4 nitrogen and oxygen atoms in total. The van der Waals surface area contributed by atoms with Gasteiger partial charge in [0.15, 0.2) is 0 Å². The number of carbonyl (C=O) groups excluding carboxylic acids is 2. The van der Waals surface area contributed by atoms with E-state index in [9.17, 15) is 9.59 Å². The lowest BCUT2D eigenvalue weighted by atomic mass is 9.93. The number of halogens is 1. The Labute approximate surface area is 120 Å². The Morgan fingerprint density at radius 3 is 2.53 bits per heavy atom. The van der Waals surface area contributed by atoms with Crippen molar-refractivity contribution in [3.63, 3.8) is 0 Å². The van der Waals surface area contributed by atoms with E-state index in [0.717, 1.165) is 17.3 Å². The second kappa shape index (κ2) is 4.15. The van der Waals surface area contributed by atoms with E-state index in [0.29, 0.717) is 23.6 Å². The molecule has 0 saturated heterocycles. The first-order valence-corrected chi connectivity index (χ1v) is 7.17. The fraction of sp³-hybridized carbons (Fsp3) is 0.429. The molecule has 1 atom stereocenters. The molecule has 1 aromatic carbocycles. The van der Waals surface area contributed by atoms with Crippen molar-refractivity contribution in [3.05, 3.63) is 33.8 Å². The molecule has 19 heavy (non-hydrogen) atoms. The Hall–Kier alpha value is -1.20. The molecule has 2 aliphatic rings. The monoisotopic (exact) mass is 322 g/mol. The molecule has 100 valence electrons. The molecule has 3 rings (SSSR count). The second-order valence-corrected chi connectivity index (χ2v) is 6.39. The number of amides is 2. The molecule has 1 unspecified atom stereocenters. The molecule has 0 radical (unpaired) electrons. The Morgan fingerprint density at radius 1 is 1.32 bits per heavy atom. The quantitative estimate of drug-likeness (QED) is 0.867. The van der Waals surface area contributed by atoms with Gasteiger partial charge in [-0.15, -0.1) is 0 Å². The number of nitrogens with zero attached hydrogens (tertiary/aromatic N) is 1. The minimum atomic E-state index is -0.556. The van der Waals surface area contributed by atoms with Crippen LogP contribution in [0.5, 0.6) is 0 Å². The Kier molecular flexibility index (Phi) is 2.80. The first-order valence-electron chi connectivity index (χ1n) is 6.37. The van der Waals surface area contributed by atoms with Gasteiger partial charge in [0.25, 0.3) is 11.8 Å². The summed E-state index contributed by atoms with van der Waals surface area (Å²) in [5.41, 5.74) is 6.26. The van der Waals surface area contributed by atoms with E-state index in [-0.39, 0.29) is 11.8 Å². The van der Waals surface area contributed by atoms with Crippen LogP contribution in [0, 0.1) is 5.92 Å². The summed E-state index contributed by atoms with van der Waals surface area (Å²) >= 11 is 3.33. The molecule has 2 N–H and O–H groups in total. The summed E-state index contributed by atoms with van der Waals surface area (Å²) in [7, 11) is 0. The fourth-order valence-electron chi connectivity index (χ4n) is 2.82. The van der Waals surface area contributed by atoms with E-state index in [1.54, 1.807) is 18.2 Å². The van der Waals surface area contributed by atoms with Crippen LogP contribution in [0.1, 0.15) is 40.5 Å². The molecule has 2 amide bonds. The Bertz CT molecular complexity index is 583. The Balaban J connectivity index is 2.07. The minimum absolute atomic E-state index is 0.215. The third-order valence-electron chi connectivity index (χ3n) is 4.23. The lowest BCUT2D eigenvalue weighted by molar-refractivity contribution is 0.0423. The van der Waals surface area contributed by atoms with Gasteiger partial charge in [0.05, 0.1) is 16.7 Å². The second-order valence-electron chi connectivity index (χ2n) is 5.47. The van der Waals surface area contributed by atoms with Crippen molar-refractivity contribution in [2.24, 2.45) is 11.7 Å². The van der Waals surface area contributed by atoms with Crippen LogP contribution in [0.2, 0.25) is 0 Å². The smallest absolute Gasteiger partial charge is 0.262 e. The minimum Gasteiger partial charge on any atom is -0.328 e. The van der Waals surface area contributed by atoms with Gasteiger partial charge in [0, 0.05) is 11.0 Å². The van der Waals surface area contributed by atoms with Crippen molar-refractivity contribution >= 4 is 27.7 Å². The highest BCUT2D eigenvalue weighted by molar-refractivity contribution is 9.10. The molecule has 5 heteroatoms. The maximum Gasteiger partial charge on any atom is 0.262 e. The van der Waals surface area contributed by atoms with Crippen LogP contribution in [-0.4, -0.2) is 28.8 Å². The van der Waals surface area contributed by atoms with Gasteiger partial charge in [-0.2, -0.15) is 0 Å². The number of nitrogens with two attached hydrogens (primary N) is 1. The van der Waals surface area contributed by atoms with Gasteiger partial charge in [0.1, 0.15) is 0 Å². The van der Waals surface area contributed by atoms with Gasteiger partial charge in [-0.1, -0.05) is 15.9 Å². The Morgan fingerprint density at radius 2 is 1.95 bits per heavy atom. The maximum atomic E-state index is 12.5. The maximum absolute atomic E-state index is 12.5. The highest BCUT2D eigenvalue weighted by atomic mass is 79.9. The third kappa shape index (κ3) is 1.75. The van der Waals surface area contributed by atoms with E-state index < -0.39 is 5.54 Å². The van der Waals surface area contributed by atoms with Crippen molar-refractivity contribution in [1.82, 2.24) is 4.90 Å². The molecular weight excluding hydrogens is 308 g/mol. The van der Waals surface area contributed by atoms with E-state index in [1.807, 2.05) is 6.92 Å². The van der Waals surface area contributed by atoms with Crippen LogP contribution in [0.4, 0.5) is 0 Å². The number of carbonyl (C=O) groups is 2. The molecule has 1 aliphatic heterocycles. The summed E-state index contributed by atoms with van der Waals surface area (Å²) in [4.78, 5) is 26.4. The molecule has 0 bridgehead atoms. The van der Waals surface area contributed by atoms with E-state index in [2.05, 4.69) is 15.9 Å². The molecule has 0 spiro atoms. The lowest BCUT2D eigenvalue weighted by Gasteiger charge is -2.36. The first kappa shape index (κ1) is 12.8. The van der Waals surface area contributed by atoms with Gasteiger partial charge in [0.2, 0.25) is 0 Å². The zero-order valence-corrected chi connectivity index (χ0v) is 12.2. The van der Waals surface area contributed by atoms with Crippen molar-refractivity contribution < 1.29 is 9.59 Å². The summed E-state index contributed by atoms with van der Waals surface area (Å²) in [6, 6.07) is 5.19. The molecule has 1 aliphatic carbocycles. The number of benzene rings is 1. The highest BCUT2D eigenvalue weighted by Gasteiger charge is 2.52. The predicted octanol–water partition coefficient (Wildman–Crippen LogP) is 2.17. The molecular formula is C14H15BrN2O2. The molecule has 1 fully saturated rings. The van der Waals surface area contributed by atoms with Crippen molar-refractivity contribution in [1.29, 1.82) is 0 Å². The third-order valence-corrected chi connectivity index (χ3v) is 4.72. The highest BCUT2D eigenvalue weighted by Crippen LogP contribution is 2.45. The summed E-state index contributed by atoms with van der Waals surface area (Å²) < 4.78 is 0.801. The van der Waals surface area contributed by atoms with Gasteiger partial charge >= 0.3 is 0 Å². The summed E-state index contributed by atoms with van der Waals surface area (Å²) in [5.74, 6) is -0.100. The fourth-order valence-corrected chi connectivity index (χ4v) is 3.18. The molecule has 1 saturated carbocycles. The topological polar surface area (TPSA) is 63.4 Å². The van der Waals surface area contributed by atoms with Gasteiger partial charge < -0.3 is 5.73 Å². The lowest BCUT2D eigenvalue weighted by Crippen LogP contribution is -2.55. The van der Waals surface area contributed by atoms with Crippen LogP contribution in [0.15, 0.2) is 22.7 Å². The van der Waals surface area contributed by atoms with Gasteiger partial charge in [-0.3, -0.25) is 14.5 Å². The standard InChI is InChI=1S/C14H15BrN2O2/c1-14(7-16,8-2-3-8)17-12(18)10-5-4-9(15)6-11(10)13(17)19/h4-6,8H,2-3,7,16H2,1H3. The normalized spacial score (nSPS) is 21.5. The van der Waals surface area contributed by atoms with Crippen molar-refractivity contribution in [2.75, 3.05) is 6.54 Å². The molecule has 0 aromatic heterocycles. The van der Waals surface area contributed by atoms with Crippen LogP contribution >= 0.6 is 15.9 Å². The number of imide groups is 1. The number of hydrogen-bond acceptors (Lipinski definition) is 3. The summed E-state index contributed by atoms with van der Waals surface area (Å²) in [5, 5.41) is 0. The van der Waals surface area contributed by atoms with Gasteiger partial charge in [-0.25, -0.2) is 0 Å². The molecule has 1 heterocycles. The average molecular weight is 323 g/mol. The van der Waals surface area contributed by atoms with Crippen LogP contribution in [-0.2, 0) is 0 Å². The van der Waals surface area contributed by atoms with Crippen LogP contribution < -0.4 is 5.73 Å². The van der Waals surface area contributed by atoms with Crippen molar-refractivity contribution in [3.8, 4) is 0 Å². The zero-order chi connectivity index (χ0) is 13.8. The SMILES string of the molecule is CC(CN)(C1CC1)N1C(=O)c2ccc(Br)cc2C1=O.